The van der Waals surface area contributed by atoms with Crippen LogP contribution in [-0.4, -0.2) is 6.54 Å². The molecule has 0 bridgehead atoms. The van der Waals surface area contributed by atoms with Gasteiger partial charge in [-0.25, -0.2) is 0 Å². The maximum Gasteiger partial charge on any atom is -0.00401 e. The summed E-state index contributed by atoms with van der Waals surface area (Å²) in [5.41, 5.74) is 5.49. The first-order valence-electron chi connectivity index (χ1n) is 3.30. The van der Waals surface area contributed by atoms with Crippen molar-refractivity contribution in [3.63, 3.8) is 0 Å². The van der Waals surface area contributed by atoms with E-state index in [0.717, 1.165) is 24.3 Å². The van der Waals surface area contributed by atoms with E-state index >= 15 is 0 Å². The molecule has 2 aliphatic carbocycles. The maximum absolute atomic E-state index is 5.49. The predicted octanol–water partition coefficient (Wildman–Crippen LogP) is 0.767. The van der Waals surface area contributed by atoms with Crippen molar-refractivity contribution in [2.24, 2.45) is 23.5 Å². The molecule has 0 spiro atoms. The van der Waals surface area contributed by atoms with Gasteiger partial charge >= 0.3 is 0 Å². The normalized spacial score (nSPS) is 49.4. The topological polar surface area (TPSA) is 26.0 Å². The highest BCUT2D eigenvalue weighted by atomic mass is 14.7. The van der Waals surface area contributed by atoms with Gasteiger partial charge in [0.2, 0.25) is 0 Å². The summed E-state index contributed by atoms with van der Waals surface area (Å²) in [6.07, 6.45) is 5.90. The second-order valence-electron chi connectivity index (χ2n) is 2.80. The van der Waals surface area contributed by atoms with Gasteiger partial charge in [0.15, 0.2) is 0 Å². The van der Waals surface area contributed by atoms with Crippen molar-refractivity contribution in [3.05, 3.63) is 12.2 Å². The first-order valence-corrected chi connectivity index (χ1v) is 3.30. The monoisotopic (exact) mass is 109 g/mol. The molecule has 8 heavy (non-hydrogen) atoms. The summed E-state index contributed by atoms with van der Waals surface area (Å²) in [4.78, 5) is 0. The van der Waals surface area contributed by atoms with Crippen LogP contribution < -0.4 is 5.73 Å². The van der Waals surface area contributed by atoms with Crippen molar-refractivity contribution in [2.45, 2.75) is 6.42 Å². The number of fused-ring (bicyclic) bond motifs is 1. The van der Waals surface area contributed by atoms with E-state index < -0.39 is 0 Å². The molecule has 3 atom stereocenters. The Bertz CT molecular complexity index is 128. The highest BCUT2D eigenvalue weighted by Crippen LogP contribution is 2.52. The minimum Gasteiger partial charge on any atom is -0.330 e. The molecule has 1 nitrogen and oxygen atoms in total. The second-order valence-corrected chi connectivity index (χ2v) is 2.80. The van der Waals surface area contributed by atoms with Gasteiger partial charge in [-0.15, -0.1) is 0 Å². The Hall–Kier alpha value is -0.300. The molecular formula is C7H11N. The lowest BCUT2D eigenvalue weighted by Gasteiger charge is -1.89. The van der Waals surface area contributed by atoms with Gasteiger partial charge in [-0.1, -0.05) is 12.2 Å². The summed E-state index contributed by atoms with van der Waals surface area (Å²) in [5.74, 6) is 2.71. The molecule has 0 radical (unpaired) electrons. The Balaban J connectivity index is 2.03. The van der Waals surface area contributed by atoms with Crippen molar-refractivity contribution in [1.29, 1.82) is 0 Å². The van der Waals surface area contributed by atoms with Crippen LogP contribution in [0.1, 0.15) is 6.42 Å². The number of nitrogens with two attached hydrogens (primary N) is 1. The fraction of sp³-hybridized carbons (Fsp3) is 0.714. The second kappa shape index (κ2) is 1.35. The van der Waals surface area contributed by atoms with Gasteiger partial charge in [-0.05, 0) is 30.7 Å². The van der Waals surface area contributed by atoms with Crippen molar-refractivity contribution in [2.75, 3.05) is 6.54 Å². The van der Waals surface area contributed by atoms with Gasteiger partial charge < -0.3 is 5.73 Å². The first kappa shape index (κ1) is 4.57. The number of allylic oxidation sites excluding steroid dienone is 2. The molecule has 1 heteroatoms. The van der Waals surface area contributed by atoms with Crippen LogP contribution in [0, 0.1) is 17.8 Å². The fourth-order valence-corrected chi connectivity index (χ4v) is 1.82. The molecule has 0 amide bonds. The van der Waals surface area contributed by atoms with E-state index in [9.17, 15) is 0 Å². The highest BCUT2D eigenvalue weighted by Gasteiger charge is 2.48. The molecule has 2 rings (SSSR count). The summed E-state index contributed by atoms with van der Waals surface area (Å²) in [6.45, 7) is 0.902. The fourth-order valence-electron chi connectivity index (χ4n) is 1.82. The van der Waals surface area contributed by atoms with Crippen molar-refractivity contribution in [3.8, 4) is 0 Å². The average Bonchev–Trinajstić information content (AvgIpc) is 2.22. The van der Waals surface area contributed by atoms with Crippen molar-refractivity contribution in [1.82, 2.24) is 0 Å². The molecule has 0 aromatic rings. The van der Waals surface area contributed by atoms with Crippen LogP contribution in [0.5, 0.6) is 0 Å². The number of hydrogen-bond donors (Lipinski definition) is 1. The van der Waals surface area contributed by atoms with Gasteiger partial charge in [-0.2, -0.15) is 0 Å². The third-order valence-corrected chi connectivity index (χ3v) is 2.44. The number of rotatable bonds is 1. The predicted molar refractivity (Wildman–Crippen MR) is 33.3 cm³/mol. The standard InChI is InChI=1S/C7H11N/c8-4-7-5-2-1-3-6(5)7/h1-2,5-7H,3-4,8H2/t5-,6+,7+/m1/s1. The lowest BCUT2D eigenvalue weighted by Crippen LogP contribution is -2.03. The van der Waals surface area contributed by atoms with E-state index in [0.29, 0.717) is 0 Å². The quantitative estimate of drug-likeness (QED) is 0.494. The van der Waals surface area contributed by atoms with Crippen LogP contribution in [0.3, 0.4) is 0 Å². The third-order valence-electron chi connectivity index (χ3n) is 2.44. The SMILES string of the molecule is NC[C@H]1[C@@H]2C=CC[C@@H]21. The molecular weight excluding hydrogens is 98.1 g/mol. The van der Waals surface area contributed by atoms with Gasteiger partial charge in [0.05, 0.1) is 0 Å². The van der Waals surface area contributed by atoms with Crippen LogP contribution in [0.25, 0.3) is 0 Å². The van der Waals surface area contributed by atoms with Crippen molar-refractivity contribution >= 4 is 0 Å². The van der Waals surface area contributed by atoms with E-state index in [1.807, 2.05) is 0 Å². The van der Waals surface area contributed by atoms with E-state index in [2.05, 4.69) is 12.2 Å². The lowest BCUT2D eigenvalue weighted by molar-refractivity contribution is 0.714. The molecule has 0 aliphatic heterocycles. The van der Waals surface area contributed by atoms with Crippen LogP contribution in [0.4, 0.5) is 0 Å². The number of hydrogen-bond acceptors (Lipinski definition) is 1. The van der Waals surface area contributed by atoms with Crippen LogP contribution >= 0.6 is 0 Å². The van der Waals surface area contributed by atoms with E-state index in [-0.39, 0.29) is 0 Å². The van der Waals surface area contributed by atoms with Gasteiger partial charge in [-0.3, -0.25) is 0 Å². The minimum atomic E-state index is 0.861. The smallest absolute Gasteiger partial charge is 0.00401 e. The van der Waals surface area contributed by atoms with Gasteiger partial charge in [0.1, 0.15) is 0 Å². The lowest BCUT2D eigenvalue weighted by atomic mass is 10.2. The third kappa shape index (κ3) is 0.402. The zero-order chi connectivity index (χ0) is 5.56. The minimum absolute atomic E-state index is 0.861. The molecule has 0 aromatic heterocycles. The first-order chi connectivity index (χ1) is 3.93. The molecule has 0 saturated heterocycles. The largest absolute Gasteiger partial charge is 0.330 e. The van der Waals surface area contributed by atoms with Gasteiger partial charge in [0.25, 0.3) is 0 Å². The summed E-state index contributed by atoms with van der Waals surface area (Å²) < 4.78 is 0. The van der Waals surface area contributed by atoms with Gasteiger partial charge in [0, 0.05) is 0 Å². The molecule has 1 saturated carbocycles. The van der Waals surface area contributed by atoms with E-state index in [1.54, 1.807) is 0 Å². The average molecular weight is 109 g/mol. The summed E-state index contributed by atoms with van der Waals surface area (Å²) in [7, 11) is 0. The Morgan fingerprint density at radius 3 is 2.88 bits per heavy atom. The molecule has 0 aromatic carbocycles. The highest BCUT2D eigenvalue weighted by molar-refractivity contribution is 5.16. The Kier molecular flexibility index (Phi) is 0.770. The Morgan fingerprint density at radius 2 is 2.50 bits per heavy atom. The summed E-state index contributed by atoms with van der Waals surface area (Å²) >= 11 is 0. The van der Waals surface area contributed by atoms with Crippen molar-refractivity contribution < 1.29 is 0 Å². The molecule has 0 heterocycles. The molecule has 2 aliphatic rings. The van der Waals surface area contributed by atoms with Crippen LogP contribution in [0.15, 0.2) is 12.2 Å². The van der Waals surface area contributed by atoms with E-state index in [4.69, 9.17) is 5.73 Å². The molecule has 2 N–H and O–H groups in total. The zero-order valence-corrected chi connectivity index (χ0v) is 4.88. The molecule has 0 unspecified atom stereocenters. The Labute approximate surface area is 49.6 Å². The summed E-state index contributed by atoms with van der Waals surface area (Å²) in [5, 5.41) is 0. The van der Waals surface area contributed by atoms with E-state index in [1.165, 1.54) is 6.42 Å². The van der Waals surface area contributed by atoms with Crippen LogP contribution in [-0.2, 0) is 0 Å². The Morgan fingerprint density at radius 1 is 1.62 bits per heavy atom. The summed E-state index contributed by atoms with van der Waals surface area (Å²) in [6, 6.07) is 0. The molecule has 1 fully saturated rings. The van der Waals surface area contributed by atoms with Crippen LogP contribution in [0.2, 0.25) is 0 Å². The zero-order valence-electron chi connectivity index (χ0n) is 4.88. The molecule has 44 valence electrons. The maximum atomic E-state index is 5.49.